The van der Waals surface area contributed by atoms with Crippen LogP contribution in [0.3, 0.4) is 0 Å². The fourth-order valence-electron chi connectivity index (χ4n) is 2.06. The number of rotatable bonds is 8. The number of carbonyl (C=O) groups is 2. The van der Waals surface area contributed by atoms with E-state index in [2.05, 4.69) is 4.72 Å². The summed E-state index contributed by atoms with van der Waals surface area (Å²) < 4.78 is 30.7. The molecule has 1 aromatic heterocycles. The number of nitrogens with one attached hydrogen (secondary N) is 1. The van der Waals surface area contributed by atoms with Gasteiger partial charge in [-0.3, -0.25) is 4.79 Å². The molecule has 0 saturated carbocycles. The SMILES string of the molecule is CNS(=O)(=O)c1csc(C(=O)N(C)Cc2ccc(OCC(=O)O)cc2)c1. The van der Waals surface area contributed by atoms with Crippen molar-refractivity contribution >= 4 is 33.2 Å². The van der Waals surface area contributed by atoms with Crippen molar-refractivity contribution in [1.82, 2.24) is 9.62 Å². The molecule has 140 valence electrons. The largest absolute Gasteiger partial charge is 0.482 e. The van der Waals surface area contributed by atoms with Gasteiger partial charge in [-0.05, 0) is 30.8 Å². The van der Waals surface area contributed by atoms with Crippen molar-refractivity contribution < 1.29 is 27.9 Å². The highest BCUT2D eigenvalue weighted by Gasteiger charge is 2.19. The summed E-state index contributed by atoms with van der Waals surface area (Å²) >= 11 is 1.06. The number of benzene rings is 1. The van der Waals surface area contributed by atoms with Gasteiger partial charge >= 0.3 is 5.97 Å². The molecule has 2 rings (SSSR count). The number of hydrogen-bond donors (Lipinski definition) is 2. The lowest BCUT2D eigenvalue weighted by molar-refractivity contribution is -0.139. The summed E-state index contributed by atoms with van der Waals surface area (Å²) in [5.74, 6) is -0.931. The Morgan fingerprint density at radius 2 is 1.92 bits per heavy atom. The molecule has 0 spiro atoms. The second-order valence-corrected chi connectivity index (χ2v) is 8.14. The van der Waals surface area contributed by atoms with Crippen molar-refractivity contribution in [2.75, 3.05) is 20.7 Å². The molecule has 10 heteroatoms. The first kappa shape index (κ1) is 19.9. The van der Waals surface area contributed by atoms with Crippen LogP contribution in [-0.2, 0) is 21.4 Å². The number of carbonyl (C=O) groups excluding carboxylic acids is 1. The predicted octanol–water partition coefficient (Wildman–Crippen LogP) is 1.39. The van der Waals surface area contributed by atoms with Gasteiger partial charge in [0.15, 0.2) is 6.61 Å². The molecule has 1 aromatic carbocycles. The zero-order valence-electron chi connectivity index (χ0n) is 14.1. The first-order chi connectivity index (χ1) is 12.2. The van der Waals surface area contributed by atoms with Gasteiger partial charge in [0, 0.05) is 19.0 Å². The van der Waals surface area contributed by atoms with Crippen LogP contribution in [0.4, 0.5) is 0 Å². The normalized spacial score (nSPS) is 11.2. The molecule has 0 radical (unpaired) electrons. The van der Waals surface area contributed by atoms with Crippen molar-refractivity contribution in [2.45, 2.75) is 11.4 Å². The maximum atomic E-state index is 12.5. The summed E-state index contributed by atoms with van der Waals surface area (Å²) in [5.41, 5.74) is 0.822. The van der Waals surface area contributed by atoms with Crippen molar-refractivity contribution in [3.8, 4) is 5.75 Å². The molecule has 26 heavy (non-hydrogen) atoms. The van der Waals surface area contributed by atoms with E-state index < -0.39 is 22.6 Å². The summed E-state index contributed by atoms with van der Waals surface area (Å²) in [5, 5.41) is 9.99. The molecule has 0 fully saturated rings. The second kappa shape index (κ2) is 8.30. The van der Waals surface area contributed by atoms with Crippen LogP contribution >= 0.6 is 11.3 Å². The lowest BCUT2D eigenvalue weighted by Gasteiger charge is -2.16. The van der Waals surface area contributed by atoms with E-state index in [1.165, 1.54) is 23.4 Å². The fourth-order valence-corrected chi connectivity index (χ4v) is 4.06. The van der Waals surface area contributed by atoms with E-state index >= 15 is 0 Å². The molecular weight excluding hydrogens is 380 g/mol. The third kappa shape index (κ3) is 5.04. The Hall–Kier alpha value is -2.43. The van der Waals surface area contributed by atoms with Crippen LogP contribution in [0.2, 0.25) is 0 Å². The Labute approximate surface area is 155 Å². The average Bonchev–Trinajstić information content (AvgIpc) is 3.11. The number of aliphatic carboxylic acids is 1. The lowest BCUT2D eigenvalue weighted by Crippen LogP contribution is -2.25. The Kier molecular flexibility index (Phi) is 6.35. The van der Waals surface area contributed by atoms with E-state index in [1.807, 2.05) is 0 Å². The standard InChI is InChI=1S/C16H18N2O6S2/c1-17-26(22,23)13-7-14(25-10-13)16(21)18(2)8-11-3-5-12(6-4-11)24-9-15(19)20/h3-7,10,17H,8-9H2,1-2H3,(H,19,20). The van der Waals surface area contributed by atoms with Crippen LogP contribution in [-0.4, -0.2) is 51.0 Å². The first-order valence-corrected chi connectivity index (χ1v) is 9.80. The molecular formula is C16H18N2O6S2. The van der Waals surface area contributed by atoms with Crippen molar-refractivity contribution in [3.05, 3.63) is 46.2 Å². The third-order valence-electron chi connectivity index (χ3n) is 3.42. The molecule has 1 amide bonds. The number of hydrogen-bond acceptors (Lipinski definition) is 6. The molecule has 2 N–H and O–H groups in total. The Morgan fingerprint density at radius 1 is 1.27 bits per heavy atom. The maximum Gasteiger partial charge on any atom is 0.341 e. The first-order valence-electron chi connectivity index (χ1n) is 7.44. The van der Waals surface area contributed by atoms with Gasteiger partial charge in [-0.15, -0.1) is 11.3 Å². The molecule has 0 unspecified atom stereocenters. The van der Waals surface area contributed by atoms with Crippen molar-refractivity contribution in [2.24, 2.45) is 0 Å². The Morgan fingerprint density at radius 3 is 2.50 bits per heavy atom. The zero-order valence-corrected chi connectivity index (χ0v) is 15.8. The number of carboxylic acid groups (broad SMARTS) is 1. The summed E-state index contributed by atoms with van der Waals surface area (Å²) in [6.45, 7) is -0.113. The number of amides is 1. The fraction of sp³-hybridized carbons (Fsp3) is 0.250. The highest BCUT2D eigenvalue weighted by atomic mass is 32.2. The molecule has 1 heterocycles. The smallest absolute Gasteiger partial charge is 0.341 e. The lowest BCUT2D eigenvalue weighted by atomic mass is 10.2. The molecule has 0 aliphatic rings. The predicted molar refractivity (Wildman–Crippen MR) is 95.9 cm³/mol. The number of ether oxygens (including phenoxy) is 1. The minimum atomic E-state index is -3.58. The van der Waals surface area contributed by atoms with Gasteiger partial charge in [-0.1, -0.05) is 12.1 Å². The van der Waals surface area contributed by atoms with E-state index in [4.69, 9.17) is 9.84 Å². The molecule has 8 nitrogen and oxygen atoms in total. The molecule has 0 atom stereocenters. The number of nitrogens with zero attached hydrogens (tertiary/aromatic N) is 1. The average molecular weight is 398 g/mol. The Balaban J connectivity index is 2.02. The van der Waals surface area contributed by atoms with E-state index in [0.717, 1.165) is 16.9 Å². The number of sulfonamides is 1. The molecule has 0 saturated heterocycles. The zero-order chi connectivity index (χ0) is 19.3. The summed E-state index contributed by atoms with van der Waals surface area (Å²) in [6.07, 6.45) is 0. The van der Waals surface area contributed by atoms with E-state index in [0.29, 0.717) is 17.2 Å². The maximum absolute atomic E-state index is 12.5. The van der Waals surface area contributed by atoms with Crippen molar-refractivity contribution in [1.29, 1.82) is 0 Å². The van der Waals surface area contributed by atoms with Crippen molar-refractivity contribution in [3.63, 3.8) is 0 Å². The number of thiophene rings is 1. The van der Waals surface area contributed by atoms with Gasteiger partial charge in [-0.2, -0.15) is 0 Å². The molecule has 2 aromatic rings. The van der Waals surface area contributed by atoms with Crippen LogP contribution < -0.4 is 9.46 Å². The number of carboxylic acids is 1. The second-order valence-electron chi connectivity index (χ2n) is 5.34. The molecule has 0 aliphatic heterocycles. The summed E-state index contributed by atoms with van der Waals surface area (Å²) in [4.78, 5) is 24.8. The van der Waals surface area contributed by atoms with Gasteiger partial charge in [-0.25, -0.2) is 17.9 Å². The van der Waals surface area contributed by atoms with Crippen LogP contribution in [0, 0.1) is 0 Å². The van der Waals surface area contributed by atoms with Gasteiger partial charge in [0.2, 0.25) is 10.0 Å². The van der Waals surface area contributed by atoms with Crippen LogP contribution in [0.1, 0.15) is 15.2 Å². The van der Waals surface area contributed by atoms with E-state index in [1.54, 1.807) is 31.3 Å². The highest BCUT2D eigenvalue weighted by molar-refractivity contribution is 7.89. The van der Waals surface area contributed by atoms with Gasteiger partial charge in [0.1, 0.15) is 5.75 Å². The monoisotopic (exact) mass is 398 g/mol. The van der Waals surface area contributed by atoms with Crippen LogP contribution in [0.5, 0.6) is 5.75 Å². The highest BCUT2D eigenvalue weighted by Crippen LogP contribution is 2.21. The topological polar surface area (TPSA) is 113 Å². The van der Waals surface area contributed by atoms with Gasteiger partial charge in [0.05, 0.1) is 9.77 Å². The Bertz CT molecular complexity index is 890. The molecule has 0 aliphatic carbocycles. The third-order valence-corrected chi connectivity index (χ3v) is 5.88. The minimum Gasteiger partial charge on any atom is -0.482 e. The van der Waals surface area contributed by atoms with Gasteiger partial charge < -0.3 is 14.7 Å². The van der Waals surface area contributed by atoms with Gasteiger partial charge in [0.25, 0.3) is 5.91 Å². The van der Waals surface area contributed by atoms with Crippen LogP contribution in [0.25, 0.3) is 0 Å². The van der Waals surface area contributed by atoms with E-state index in [9.17, 15) is 18.0 Å². The quantitative estimate of drug-likeness (QED) is 0.695. The summed E-state index contributed by atoms with van der Waals surface area (Å²) in [7, 11) is -0.654. The van der Waals surface area contributed by atoms with E-state index in [-0.39, 0.29) is 10.8 Å². The summed E-state index contributed by atoms with van der Waals surface area (Å²) in [6, 6.07) is 8.05. The van der Waals surface area contributed by atoms with Crippen LogP contribution in [0.15, 0.2) is 40.6 Å². The minimum absolute atomic E-state index is 0.0571. The molecule has 0 bridgehead atoms.